The maximum Gasteiger partial charge on any atom is 0.337 e. The second-order valence-electron chi connectivity index (χ2n) is 6.61. The molecular formula is C21H19BrN2O6. The smallest absolute Gasteiger partial charge is 0.337 e. The lowest BCUT2D eigenvalue weighted by Crippen LogP contribution is -2.28. The van der Waals surface area contributed by atoms with Gasteiger partial charge in [-0.1, -0.05) is 15.9 Å². The van der Waals surface area contributed by atoms with E-state index >= 15 is 0 Å². The van der Waals surface area contributed by atoms with E-state index in [-0.39, 0.29) is 18.9 Å². The van der Waals surface area contributed by atoms with E-state index in [2.05, 4.69) is 26.0 Å². The maximum absolute atomic E-state index is 12.3. The van der Waals surface area contributed by atoms with Gasteiger partial charge in [-0.05, 0) is 48.5 Å². The van der Waals surface area contributed by atoms with Gasteiger partial charge in [0, 0.05) is 28.8 Å². The first-order valence-corrected chi connectivity index (χ1v) is 9.87. The quantitative estimate of drug-likeness (QED) is 0.645. The molecule has 1 fully saturated rings. The van der Waals surface area contributed by atoms with Crippen molar-refractivity contribution in [1.29, 1.82) is 0 Å². The van der Waals surface area contributed by atoms with Gasteiger partial charge in [-0.15, -0.1) is 0 Å². The van der Waals surface area contributed by atoms with Crippen molar-refractivity contribution in [2.75, 3.05) is 30.5 Å². The lowest BCUT2D eigenvalue weighted by atomic mass is 10.1. The third-order valence-electron chi connectivity index (χ3n) is 4.53. The molecule has 8 nitrogen and oxygen atoms in total. The van der Waals surface area contributed by atoms with E-state index in [1.807, 2.05) is 0 Å². The first kappa shape index (κ1) is 21.5. The number of hydrogen-bond donors (Lipinski definition) is 1. The molecule has 156 valence electrons. The van der Waals surface area contributed by atoms with Gasteiger partial charge in [0.15, 0.2) is 6.61 Å². The summed E-state index contributed by atoms with van der Waals surface area (Å²) in [7, 11) is 1.29. The molecule has 1 atom stereocenters. The second kappa shape index (κ2) is 9.53. The summed E-state index contributed by atoms with van der Waals surface area (Å²) < 4.78 is 10.6. The van der Waals surface area contributed by atoms with Crippen LogP contribution in [0.5, 0.6) is 0 Å². The van der Waals surface area contributed by atoms with E-state index in [1.54, 1.807) is 48.5 Å². The Morgan fingerprint density at radius 2 is 1.77 bits per heavy atom. The van der Waals surface area contributed by atoms with Crippen molar-refractivity contribution < 1.29 is 28.7 Å². The zero-order chi connectivity index (χ0) is 21.7. The van der Waals surface area contributed by atoms with E-state index in [1.165, 1.54) is 12.0 Å². The zero-order valence-corrected chi connectivity index (χ0v) is 17.7. The molecule has 3 rings (SSSR count). The number of amides is 2. The van der Waals surface area contributed by atoms with Crippen LogP contribution in [-0.4, -0.2) is 44.0 Å². The third kappa shape index (κ3) is 5.24. The highest BCUT2D eigenvalue weighted by Gasteiger charge is 2.36. The minimum absolute atomic E-state index is 0.00802. The standard InChI is InChI=1S/C21H19BrN2O6/c1-29-20(27)13-2-8-17(9-3-13)24-11-14(10-19(24)26)21(28)30-12-18(25)23-16-6-4-15(22)5-7-16/h2-9,14H,10-12H2,1H3,(H,23,25)/t14-/m1/s1. The van der Waals surface area contributed by atoms with E-state index < -0.39 is 30.4 Å². The first-order chi connectivity index (χ1) is 14.4. The molecule has 2 aromatic carbocycles. The van der Waals surface area contributed by atoms with Crippen LogP contribution in [0.1, 0.15) is 16.8 Å². The molecule has 1 aliphatic heterocycles. The Morgan fingerprint density at radius 1 is 1.10 bits per heavy atom. The lowest BCUT2D eigenvalue weighted by molar-refractivity contribution is -0.151. The van der Waals surface area contributed by atoms with Gasteiger partial charge in [0.1, 0.15) is 0 Å². The molecule has 0 aliphatic carbocycles. The molecule has 0 saturated carbocycles. The molecular weight excluding hydrogens is 456 g/mol. The minimum atomic E-state index is -0.668. The van der Waals surface area contributed by atoms with Crippen LogP contribution in [0.2, 0.25) is 0 Å². The predicted molar refractivity (Wildman–Crippen MR) is 112 cm³/mol. The van der Waals surface area contributed by atoms with E-state index in [4.69, 9.17) is 4.74 Å². The van der Waals surface area contributed by atoms with Gasteiger partial charge in [0.05, 0.1) is 18.6 Å². The highest BCUT2D eigenvalue weighted by molar-refractivity contribution is 9.10. The zero-order valence-electron chi connectivity index (χ0n) is 16.1. The van der Waals surface area contributed by atoms with Gasteiger partial charge in [0.25, 0.3) is 5.91 Å². The van der Waals surface area contributed by atoms with Crippen molar-refractivity contribution in [1.82, 2.24) is 0 Å². The first-order valence-electron chi connectivity index (χ1n) is 9.08. The summed E-state index contributed by atoms with van der Waals surface area (Å²) in [6.45, 7) is -0.295. The van der Waals surface area contributed by atoms with Crippen LogP contribution in [0.25, 0.3) is 0 Å². The monoisotopic (exact) mass is 474 g/mol. The van der Waals surface area contributed by atoms with E-state index in [0.717, 1.165) is 4.47 Å². The SMILES string of the molecule is COC(=O)c1ccc(N2C[C@H](C(=O)OCC(=O)Nc3ccc(Br)cc3)CC2=O)cc1. The second-order valence-corrected chi connectivity index (χ2v) is 7.52. The van der Waals surface area contributed by atoms with E-state index in [9.17, 15) is 19.2 Å². The summed E-state index contributed by atoms with van der Waals surface area (Å²) in [6, 6.07) is 13.3. The van der Waals surface area contributed by atoms with Crippen LogP contribution >= 0.6 is 15.9 Å². The number of esters is 2. The Kier molecular flexibility index (Phi) is 6.83. The van der Waals surface area contributed by atoms with Crippen LogP contribution in [0, 0.1) is 5.92 Å². The molecule has 0 radical (unpaired) electrons. The molecule has 1 N–H and O–H groups in total. The number of nitrogens with zero attached hydrogens (tertiary/aromatic N) is 1. The Balaban J connectivity index is 1.52. The van der Waals surface area contributed by atoms with Crippen LogP contribution < -0.4 is 10.2 Å². The Labute approximate surface area is 181 Å². The third-order valence-corrected chi connectivity index (χ3v) is 5.06. The average Bonchev–Trinajstić information content (AvgIpc) is 3.15. The van der Waals surface area contributed by atoms with Gasteiger partial charge in [-0.3, -0.25) is 14.4 Å². The molecule has 9 heteroatoms. The normalized spacial score (nSPS) is 15.6. The Bertz CT molecular complexity index is 958. The number of halogens is 1. The fraction of sp³-hybridized carbons (Fsp3) is 0.238. The van der Waals surface area contributed by atoms with Crippen molar-refractivity contribution in [3.63, 3.8) is 0 Å². The van der Waals surface area contributed by atoms with Crippen molar-refractivity contribution >= 4 is 51.1 Å². The number of ether oxygens (including phenoxy) is 2. The molecule has 0 bridgehead atoms. The summed E-state index contributed by atoms with van der Waals surface area (Å²) >= 11 is 3.30. The summed E-state index contributed by atoms with van der Waals surface area (Å²) in [5, 5.41) is 2.63. The summed E-state index contributed by atoms with van der Waals surface area (Å²) in [5.74, 6) is -2.45. The molecule has 0 spiro atoms. The molecule has 0 unspecified atom stereocenters. The number of methoxy groups -OCH3 is 1. The van der Waals surface area contributed by atoms with Gasteiger partial charge in [0.2, 0.25) is 5.91 Å². The number of anilines is 2. The van der Waals surface area contributed by atoms with E-state index in [0.29, 0.717) is 16.9 Å². The highest BCUT2D eigenvalue weighted by Crippen LogP contribution is 2.26. The predicted octanol–water partition coefficient (Wildman–Crippen LogP) is 2.77. The number of benzene rings is 2. The summed E-state index contributed by atoms with van der Waals surface area (Å²) in [5.41, 5.74) is 1.51. The molecule has 2 aromatic rings. The van der Waals surface area contributed by atoms with Gasteiger partial charge < -0.3 is 19.7 Å². The minimum Gasteiger partial charge on any atom is -0.465 e. The van der Waals surface area contributed by atoms with Crippen LogP contribution in [-0.2, 0) is 23.9 Å². The Hall–Kier alpha value is -3.20. The molecule has 1 heterocycles. The van der Waals surface area contributed by atoms with Gasteiger partial charge in [-0.2, -0.15) is 0 Å². The number of nitrogens with one attached hydrogen (secondary N) is 1. The van der Waals surface area contributed by atoms with Crippen LogP contribution in [0.4, 0.5) is 11.4 Å². The molecule has 1 aliphatic rings. The highest BCUT2D eigenvalue weighted by atomic mass is 79.9. The van der Waals surface area contributed by atoms with Crippen molar-refractivity contribution in [3.8, 4) is 0 Å². The van der Waals surface area contributed by atoms with Crippen molar-refractivity contribution in [3.05, 3.63) is 58.6 Å². The van der Waals surface area contributed by atoms with Gasteiger partial charge in [-0.25, -0.2) is 4.79 Å². The number of rotatable bonds is 6. The van der Waals surface area contributed by atoms with Gasteiger partial charge >= 0.3 is 11.9 Å². The molecule has 0 aromatic heterocycles. The van der Waals surface area contributed by atoms with Crippen molar-refractivity contribution in [2.45, 2.75) is 6.42 Å². The van der Waals surface area contributed by atoms with Crippen LogP contribution in [0.15, 0.2) is 53.0 Å². The Morgan fingerprint density at radius 3 is 2.40 bits per heavy atom. The van der Waals surface area contributed by atoms with Crippen molar-refractivity contribution in [2.24, 2.45) is 5.92 Å². The summed E-state index contributed by atoms with van der Waals surface area (Å²) in [6.07, 6.45) is -0.00802. The molecule has 30 heavy (non-hydrogen) atoms. The number of carbonyl (C=O) groups excluding carboxylic acids is 4. The average molecular weight is 475 g/mol. The largest absolute Gasteiger partial charge is 0.465 e. The molecule has 2 amide bonds. The maximum atomic E-state index is 12.3. The molecule has 1 saturated heterocycles. The summed E-state index contributed by atoms with van der Waals surface area (Å²) in [4.78, 5) is 49.5. The fourth-order valence-corrected chi connectivity index (χ4v) is 3.26. The van der Waals surface area contributed by atoms with Crippen LogP contribution in [0.3, 0.4) is 0 Å². The number of hydrogen-bond acceptors (Lipinski definition) is 6. The number of carbonyl (C=O) groups is 4. The lowest BCUT2D eigenvalue weighted by Gasteiger charge is -2.16. The fourth-order valence-electron chi connectivity index (χ4n) is 3.00. The topological polar surface area (TPSA) is 102 Å².